The van der Waals surface area contributed by atoms with Crippen LogP contribution in [0.5, 0.6) is 0 Å². The van der Waals surface area contributed by atoms with E-state index in [4.69, 9.17) is 9.15 Å². The minimum absolute atomic E-state index is 0.153. The quantitative estimate of drug-likeness (QED) is 0.359. The van der Waals surface area contributed by atoms with E-state index in [-0.39, 0.29) is 18.0 Å². The molecule has 1 aromatic carbocycles. The summed E-state index contributed by atoms with van der Waals surface area (Å²) in [7, 11) is 1.29. The molecule has 1 amide bonds. The number of thioether (sulfide) groups is 1. The number of nitrogens with zero attached hydrogens (tertiary/aromatic N) is 2. The van der Waals surface area contributed by atoms with Crippen molar-refractivity contribution in [2.45, 2.75) is 30.8 Å². The molecular formula is C20H21N3O5S. The maximum absolute atomic E-state index is 13.2. The van der Waals surface area contributed by atoms with Crippen LogP contribution in [-0.4, -0.2) is 40.3 Å². The third-order valence-corrected chi connectivity index (χ3v) is 5.33. The minimum atomic E-state index is -0.515. The van der Waals surface area contributed by atoms with Crippen LogP contribution < -0.4 is 10.9 Å². The summed E-state index contributed by atoms with van der Waals surface area (Å²) in [4.78, 5) is 41.7. The largest absolute Gasteiger partial charge is 0.467 e. The monoisotopic (exact) mass is 415 g/mol. The molecule has 0 aliphatic heterocycles. The highest BCUT2D eigenvalue weighted by Crippen LogP contribution is 2.24. The third-order valence-electron chi connectivity index (χ3n) is 4.24. The van der Waals surface area contributed by atoms with E-state index in [0.29, 0.717) is 33.9 Å². The van der Waals surface area contributed by atoms with E-state index < -0.39 is 11.2 Å². The zero-order valence-electron chi connectivity index (χ0n) is 16.3. The van der Waals surface area contributed by atoms with Crippen molar-refractivity contribution in [2.75, 3.05) is 13.7 Å². The Balaban J connectivity index is 2.11. The van der Waals surface area contributed by atoms with Crippen molar-refractivity contribution in [3.05, 3.63) is 58.3 Å². The molecule has 9 heteroatoms. The first-order valence-corrected chi connectivity index (χ1v) is 9.92. The van der Waals surface area contributed by atoms with Crippen LogP contribution >= 0.6 is 11.8 Å². The Hall–Kier alpha value is -3.07. The van der Waals surface area contributed by atoms with E-state index in [1.807, 2.05) is 6.92 Å². The Labute approximate surface area is 171 Å². The molecule has 29 heavy (non-hydrogen) atoms. The van der Waals surface area contributed by atoms with Crippen molar-refractivity contribution in [3.63, 3.8) is 0 Å². The van der Waals surface area contributed by atoms with Gasteiger partial charge in [0.25, 0.3) is 5.56 Å². The third kappa shape index (κ3) is 4.51. The van der Waals surface area contributed by atoms with Gasteiger partial charge in [-0.25, -0.2) is 9.78 Å². The number of amides is 1. The van der Waals surface area contributed by atoms with Gasteiger partial charge in [0.05, 0.1) is 41.6 Å². The summed E-state index contributed by atoms with van der Waals surface area (Å²) >= 11 is 1.17. The van der Waals surface area contributed by atoms with Crippen molar-refractivity contribution in [3.8, 4) is 0 Å². The average molecular weight is 415 g/mol. The molecule has 0 saturated carbocycles. The summed E-state index contributed by atoms with van der Waals surface area (Å²) < 4.78 is 11.6. The summed E-state index contributed by atoms with van der Waals surface area (Å²) in [6, 6.07) is 8.09. The predicted molar refractivity (Wildman–Crippen MR) is 109 cm³/mol. The molecule has 0 aliphatic rings. The second kappa shape index (κ2) is 8.95. The first-order chi connectivity index (χ1) is 13.9. The molecule has 0 spiro atoms. The van der Waals surface area contributed by atoms with Crippen molar-refractivity contribution < 1.29 is 18.7 Å². The van der Waals surface area contributed by atoms with Crippen LogP contribution in [0.3, 0.4) is 0 Å². The molecule has 2 aromatic heterocycles. The minimum Gasteiger partial charge on any atom is -0.467 e. The molecule has 0 saturated heterocycles. The van der Waals surface area contributed by atoms with Gasteiger partial charge in [-0.1, -0.05) is 11.8 Å². The highest BCUT2D eigenvalue weighted by molar-refractivity contribution is 8.00. The Morgan fingerprint density at radius 1 is 1.34 bits per heavy atom. The van der Waals surface area contributed by atoms with Crippen LogP contribution in [0.1, 0.15) is 30.0 Å². The van der Waals surface area contributed by atoms with Gasteiger partial charge in [-0.2, -0.15) is 0 Å². The molecule has 0 radical (unpaired) electrons. The molecule has 0 bridgehead atoms. The summed E-state index contributed by atoms with van der Waals surface area (Å²) in [5.41, 5.74) is 0.371. The van der Waals surface area contributed by atoms with E-state index in [1.54, 1.807) is 25.1 Å². The number of methoxy groups -OCH3 is 1. The van der Waals surface area contributed by atoms with Crippen LogP contribution in [0.4, 0.5) is 0 Å². The lowest BCUT2D eigenvalue weighted by atomic mass is 10.1. The highest BCUT2D eigenvalue weighted by Gasteiger charge is 2.20. The number of carbonyl (C=O) groups excluding carboxylic acids is 2. The Bertz CT molecular complexity index is 1090. The summed E-state index contributed by atoms with van der Waals surface area (Å²) in [5.74, 6) is -0.0787. The molecular weight excluding hydrogens is 394 g/mol. The number of aromatic nitrogens is 2. The molecule has 0 fully saturated rings. The molecule has 0 unspecified atom stereocenters. The fraction of sp³-hybridized carbons (Fsp3) is 0.300. The van der Waals surface area contributed by atoms with Gasteiger partial charge >= 0.3 is 5.97 Å². The van der Waals surface area contributed by atoms with Crippen LogP contribution in [0.25, 0.3) is 10.9 Å². The van der Waals surface area contributed by atoms with E-state index in [0.717, 1.165) is 0 Å². The SMILES string of the molecule is CCNC(=O)[C@H](C)Sc1nc2cc(C(=O)OC)ccc2c(=O)n1Cc1ccco1. The normalized spacial score (nSPS) is 12.0. The molecule has 8 nitrogen and oxygen atoms in total. The first kappa shape index (κ1) is 20.7. The van der Waals surface area contributed by atoms with Gasteiger partial charge < -0.3 is 14.5 Å². The fourth-order valence-electron chi connectivity index (χ4n) is 2.76. The molecule has 0 aliphatic carbocycles. The van der Waals surface area contributed by atoms with Gasteiger partial charge in [0.2, 0.25) is 5.91 Å². The molecule has 3 aromatic rings. The van der Waals surface area contributed by atoms with Gasteiger partial charge in [-0.05, 0) is 44.2 Å². The van der Waals surface area contributed by atoms with E-state index in [9.17, 15) is 14.4 Å². The zero-order valence-corrected chi connectivity index (χ0v) is 17.1. The van der Waals surface area contributed by atoms with Crippen LogP contribution in [0.15, 0.2) is 51.0 Å². The Kier molecular flexibility index (Phi) is 6.38. The summed E-state index contributed by atoms with van der Waals surface area (Å²) in [6.45, 7) is 4.27. The lowest BCUT2D eigenvalue weighted by Gasteiger charge is -2.15. The number of esters is 1. The summed E-state index contributed by atoms with van der Waals surface area (Å²) in [6.07, 6.45) is 1.53. The second-order valence-electron chi connectivity index (χ2n) is 6.24. The molecule has 2 heterocycles. The van der Waals surface area contributed by atoms with Crippen LogP contribution in [-0.2, 0) is 16.1 Å². The Morgan fingerprint density at radius 3 is 2.79 bits per heavy atom. The van der Waals surface area contributed by atoms with E-state index in [2.05, 4.69) is 10.3 Å². The molecule has 3 rings (SSSR count). The molecule has 1 N–H and O–H groups in total. The smallest absolute Gasteiger partial charge is 0.337 e. The molecule has 152 valence electrons. The van der Waals surface area contributed by atoms with Crippen molar-refractivity contribution in [2.24, 2.45) is 0 Å². The van der Waals surface area contributed by atoms with Gasteiger partial charge in [-0.15, -0.1) is 0 Å². The number of hydrogen-bond acceptors (Lipinski definition) is 7. The van der Waals surface area contributed by atoms with Gasteiger partial charge in [0.15, 0.2) is 5.16 Å². The fourth-order valence-corrected chi connectivity index (χ4v) is 3.70. The second-order valence-corrected chi connectivity index (χ2v) is 7.55. The highest BCUT2D eigenvalue weighted by atomic mass is 32.2. The maximum Gasteiger partial charge on any atom is 0.337 e. The topological polar surface area (TPSA) is 103 Å². The van der Waals surface area contributed by atoms with Crippen molar-refractivity contribution >= 4 is 34.5 Å². The zero-order chi connectivity index (χ0) is 21.0. The predicted octanol–water partition coefficient (Wildman–Crippen LogP) is 2.44. The number of hydrogen-bond donors (Lipinski definition) is 1. The number of ether oxygens (including phenoxy) is 1. The van der Waals surface area contributed by atoms with E-state index >= 15 is 0 Å². The van der Waals surface area contributed by atoms with Gasteiger partial charge in [0, 0.05) is 6.54 Å². The van der Waals surface area contributed by atoms with Crippen molar-refractivity contribution in [1.82, 2.24) is 14.9 Å². The van der Waals surface area contributed by atoms with E-state index in [1.165, 1.54) is 41.8 Å². The van der Waals surface area contributed by atoms with Gasteiger partial charge in [-0.3, -0.25) is 14.2 Å². The number of fused-ring (bicyclic) bond motifs is 1. The standard InChI is InChI=1S/C20H21N3O5S/c1-4-21-17(24)12(2)29-20-22-16-10-13(19(26)27-3)7-8-15(16)18(25)23(20)11-14-6-5-9-28-14/h5-10,12H,4,11H2,1-3H3,(H,21,24)/t12-/m0/s1. The Morgan fingerprint density at radius 2 is 2.14 bits per heavy atom. The average Bonchev–Trinajstić information content (AvgIpc) is 3.23. The van der Waals surface area contributed by atoms with Gasteiger partial charge in [0.1, 0.15) is 5.76 Å². The first-order valence-electron chi connectivity index (χ1n) is 9.04. The summed E-state index contributed by atoms with van der Waals surface area (Å²) in [5, 5.41) is 3.01. The number of benzene rings is 1. The number of nitrogens with one attached hydrogen (secondary N) is 1. The van der Waals surface area contributed by atoms with Crippen LogP contribution in [0.2, 0.25) is 0 Å². The number of furan rings is 1. The maximum atomic E-state index is 13.2. The number of rotatable bonds is 7. The van der Waals surface area contributed by atoms with Crippen molar-refractivity contribution in [1.29, 1.82) is 0 Å². The van der Waals surface area contributed by atoms with Crippen LogP contribution in [0, 0.1) is 0 Å². The lowest BCUT2D eigenvalue weighted by molar-refractivity contribution is -0.120. The number of carbonyl (C=O) groups is 2. The molecule has 1 atom stereocenters. The lowest BCUT2D eigenvalue weighted by Crippen LogP contribution is -2.32.